The van der Waals surface area contributed by atoms with Gasteiger partial charge in [-0.1, -0.05) is 12.1 Å². The second kappa shape index (κ2) is 5.97. The molecule has 1 aromatic carbocycles. The first-order valence-corrected chi connectivity index (χ1v) is 5.87. The second-order valence-corrected chi connectivity index (χ2v) is 3.98. The summed E-state index contributed by atoms with van der Waals surface area (Å²) in [6.07, 6.45) is 3.17. The van der Waals surface area contributed by atoms with E-state index in [9.17, 15) is 4.79 Å². The molecule has 0 atom stereocenters. The maximum absolute atomic E-state index is 12.1. The number of pyridine rings is 1. The summed E-state index contributed by atoms with van der Waals surface area (Å²) >= 11 is 0. The molecule has 0 unspecified atom stereocenters. The number of aromatic nitrogens is 1. The fraction of sp³-hybridized carbons (Fsp3) is 0.143. The Morgan fingerprint density at radius 3 is 2.63 bits per heavy atom. The Labute approximate surface area is 111 Å². The standard InChI is InChI=1S/C14H15N3O2/c1-15-13-8-16-7-6-12(13)14(19)17-11-4-2-10(9-18)3-5-11/h2-8,15,18H,9H2,1H3,(H,17,19). The van der Waals surface area contributed by atoms with Crippen LogP contribution in [0.25, 0.3) is 0 Å². The number of carbonyl (C=O) groups excluding carboxylic acids is 1. The molecule has 3 N–H and O–H groups in total. The average molecular weight is 257 g/mol. The number of nitrogens with one attached hydrogen (secondary N) is 2. The van der Waals surface area contributed by atoms with E-state index < -0.39 is 0 Å². The molecule has 19 heavy (non-hydrogen) atoms. The van der Waals surface area contributed by atoms with Crippen molar-refractivity contribution in [2.24, 2.45) is 0 Å². The molecule has 0 fully saturated rings. The number of aliphatic hydroxyl groups excluding tert-OH is 1. The van der Waals surface area contributed by atoms with Gasteiger partial charge in [0, 0.05) is 18.9 Å². The van der Waals surface area contributed by atoms with Gasteiger partial charge in [-0.05, 0) is 23.8 Å². The maximum atomic E-state index is 12.1. The fourth-order valence-electron chi connectivity index (χ4n) is 1.68. The molecule has 2 aromatic rings. The number of anilines is 2. The van der Waals surface area contributed by atoms with Gasteiger partial charge in [0.25, 0.3) is 5.91 Å². The molecular formula is C14H15N3O2. The maximum Gasteiger partial charge on any atom is 0.257 e. The van der Waals surface area contributed by atoms with Gasteiger partial charge in [-0.2, -0.15) is 0 Å². The first kappa shape index (κ1) is 13.0. The van der Waals surface area contributed by atoms with Crippen LogP contribution in [0.5, 0.6) is 0 Å². The second-order valence-electron chi connectivity index (χ2n) is 3.98. The zero-order chi connectivity index (χ0) is 13.7. The molecule has 1 aromatic heterocycles. The first-order valence-electron chi connectivity index (χ1n) is 5.87. The molecule has 1 heterocycles. The van der Waals surface area contributed by atoms with Crippen molar-refractivity contribution in [2.45, 2.75) is 6.61 Å². The van der Waals surface area contributed by atoms with Crippen molar-refractivity contribution in [3.8, 4) is 0 Å². The molecule has 0 aliphatic rings. The molecule has 0 saturated carbocycles. The van der Waals surface area contributed by atoms with E-state index in [2.05, 4.69) is 15.6 Å². The van der Waals surface area contributed by atoms with Gasteiger partial charge in [-0.25, -0.2) is 0 Å². The zero-order valence-corrected chi connectivity index (χ0v) is 10.6. The van der Waals surface area contributed by atoms with E-state index in [0.29, 0.717) is 16.9 Å². The van der Waals surface area contributed by atoms with Crippen LogP contribution in [0.2, 0.25) is 0 Å². The van der Waals surface area contributed by atoms with Gasteiger partial charge in [-0.3, -0.25) is 9.78 Å². The third-order valence-electron chi connectivity index (χ3n) is 2.73. The van der Waals surface area contributed by atoms with Crippen LogP contribution in [0.4, 0.5) is 11.4 Å². The number of carbonyl (C=O) groups is 1. The summed E-state index contributed by atoms with van der Waals surface area (Å²) in [5, 5.41) is 14.7. The van der Waals surface area contributed by atoms with E-state index in [4.69, 9.17) is 5.11 Å². The normalized spacial score (nSPS) is 10.0. The van der Waals surface area contributed by atoms with Gasteiger partial charge in [-0.15, -0.1) is 0 Å². The van der Waals surface area contributed by atoms with E-state index in [-0.39, 0.29) is 12.5 Å². The smallest absolute Gasteiger partial charge is 0.257 e. The lowest BCUT2D eigenvalue weighted by atomic mass is 10.2. The van der Waals surface area contributed by atoms with Crippen LogP contribution in [-0.4, -0.2) is 23.0 Å². The van der Waals surface area contributed by atoms with Gasteiger partial charge in [0.05, 0.1) is 24.1 Å². The molecule has 0 aliphatic carbocycles. The first-order chi connectivity index (χ1) is 9.24. The molecule has 0 aliphatic heterocycles. The highest BCUT2D eigenvalue weighted by Gasteiger charge is 2.10. The SMILES string of the molecule is CNc1cnccc1C(=O)Nc1ccc(CO)cc1. The number of aliphatic hydroxyl groups is 1. The van der Waals surface area contributed by atoms with Crippen molar-refractivity contribution in [3.05, 3.63) is 53.9 Å². The van der Waals surface area contributed by atoms with Crippen molar-refractivity contribution in [3.63, 3.8) is 0 Å². The Bertz CT molecular complexity index is 567. The van der Waals surface area contributed by atoms with Crippen LogP contribution >= 0.6 is 0 Å². The van der Waals surface area contributed by atoms with Gasteiger partial charge >= 0.3 is 0 Å². The quantitative estimate of drug-likeness (QED) is 0.781. The number of amides is 1. The van der Waals surface area contributed by atoms with Crippen LogP contribution in [-0.2, 0) is 6.61 Å². The highest BCUT2D eigenvalue weighted by Crippen LogP contribution is 2.16. The van der Waals surface area contributed by atoms with Gasteiger partial charge in [0.2, 0.25) is 0 Å². The van der Waals surface area contributed by atoms with Crippen molar-refractivity contribution in [1.82, 2.24) is 4.98 Å². The highest BCUT2D eigenvalue weighted by molar-refractivity contribution is 6.07. The summed E-state index contributed by atoms with van der Waals surface area (Å²) in [6.45, 7) is -0.0114. The number of hydrogen-bond acceptors (Lipinski definition) is 4. The van der Waals surface area contributed by atoms with E-state index in [1.165, 1.54) is 0 Å². The fourth-order valence-corrected chi connectivity index (χ4v) is 1.68. The Morgan fingerprint density at radius 1 is 1.26 bits per heavy atom. The lowest BCUT2D eigenvalue weighted by molar-refractivity contribution is 0.102. The summed E-state index contributed by atoms with van der Waals surface area (Å²) in [4.78, 5) is 16.1. The highest BCUT2D eigenvalue weighted by atomic mass is 16.3. The van der Waals surface area contributed by atoms with Gasteiger partial charge < -0.3 is 15.7 Å². The molecule has 0 radical (unpaired) electrons. The van der Waals surface area contributed by atoms with Crippen molar-refractivity contribution in [2.75, 3.05) is 17.7 Å². The lowest BCUT2D eigenvalue weighted by Gasteiger charge is -2.09. The molecule has 0 spiro atoms. The van der Waals surface area contributed by atoms with Crippen molar-refractivity contribution in [1.29, 1.82) is 0 Å². The van der Waals surface area contributed by atoms with E-state index in [0.717, 1.165) is 5.56 Å². The average Bonchev–Trinajstić information content (AvgIpc) is 2.48. The Balaban J connectivity index is 2.16. The topological polar surface area (TPSA) is 74.2 Å². The Morgan fingerprint density at radius 2 is 2.00 bits per heavy atom. The molecule has 5 heteroatoms. The summed E-state index contributed by atoms with van der Waals surface area (Å²) in [7, 11) is 1.74. The van der Waals surface area contributed by atoms with E-state index in [1.807, 2.05) is 0 Å². The minimum Gasteiger partial charge on any atom is -0.392 e. The number of hydrogen-bond donors (Lipinski definition) is 3. The number of nitrogens with zero attached hydrogens (tertiary/aromatic N) is 1. The summed E-state index contributed by atoms with van der Waals surface area (Å²) in [5.74, 6) is -0.205. The van der Waals surface area contributed by atoms with Gasteiger partial charge in [0.15, 0.2) is 0 Å². The van der Waals surface area contributed by atoms with E-state index in [1.54, 1.807) is 49.8 Å². The van der Waals surface area contributed by atoms with Crippen molar-refractivity contribution < 1.29 is 9.90 Å². The zero-order valence-electron chi connectivity index (χ0n) is 10.6. The molecule has 98 valence electrons. The summed E-state index contributed by atoms with van der Waals surface area (Å²) < 4.78 is 0. The van der Waals surface area contributed by atoms with Crippen LogP contribution in [0.1, 0.15) is 15.9 Å². The van der Waals surface area contributed by atoms with Crippen LogP contribution < -0.4 is 10.6 Å². The van der Waals surface area contributed by atoms with E-state index >= 15 is 0 Å². The minimum atomic E-state index is -0.205. The molecular weight excluding hydrogens is 242 g/mol. The van der Waals surface area contributed by atoms with Gasteiger partial charge in [0.1, 0.15) is 0 Å². The van der Waals surface area contributed by atoms with Crippen LogP contribution in [0.3, 0.4) is 0 Å². The van der Waals surface area contributed by atoms with Crippen molar-refractivity contribution >= 4 is 17.3 Å². The summed E-state index contributed by atoms with van der Waals surface area (Å²) in [6, 6.07) is 8.69. The Kier molecular flexibility index (Phi) is 4.10. The minimum absolute atomic E-state index is 0.0114. The molecule has 2 rings (SSSR count). The third-order valence-corrected chi connectivity index (χ3v) is 2.73. The largest absolute Gasteiger partial charge is 0.392 e. The summed E-state index contributed by atoms with van der Waals surface area (Å²) in [5.41, 5.74) is 2.69. The molecule has 0 saturated heterocycles. The Hall–Kier alpha value is -2.40. The predicted octanol–water partition coefficient (Wildman–Crippen LogP) is 1.87. The number of benzene rings is 1. The molecule has 1 amide bonds. The van der Waals surface area contributed by atoms with Crippen LogP contribution in [0.15, 0.2) is 42.7 Å². The predicted molar refractivity (Wildman–Crippen MR) is 74.1 cm³/mol. The number of rotatable bonds is 4. The van der Waals surface area contributed by atoms with Crippen LogP contribution in [0, 0.1) is 0 Å². The monoisotopic (exact) mass is 257 g/mol. The third kappa shape index (κ3) is 3.08. The lowest BCUT2D eigenvalue weighted by Crippen LogP contribution is -2.14. The molecule has 5 nitrogen and oxygen atoms in total. The molecule has 0 bridgehead atoms.